The number of benzene rings is 1. The number of likely N-dealkylation sites (N-methyl/N-ethyl adjacent to an activating group) is 2. The topological polar surface area (TPSA) is 92.5 Å². The lowest BCUT2D eigenvalue weighted by molar-refractivity contribution is -0.120. The molecule has 106 valence electrons. The number of nitrogens with one attached hydrogen (secondary N) is 1. The van der Waals surface area contributed by atoms with Crippen LogP contribution >= 0.6 is 15.9 Å². The van der Waals surface area contributed by atoms with E-state index < -0.39 is 10.0 Å². The first kappa shape index (κ1) is 15.9. The standard InChI is InChI=1S/C11H16BrN3O3S/c1-3-15(7-11(16)14-2)19(17,18)8-4-5-9(12)10(13)6-8/h4-6H,3,7,13H2,1-2H3,(H,14,16). The van der Waals surface area contributed by atoms with Crippen LogP contribution < -0.4 is 11.1 Å². The van der Waals surface area contributed by atoms with Gasteiger partial charge in [-0.05, 0) is 34.1 Å². The predicted octanol–water partition coefficient (Wildman–Crippen LogP) is 0.788. The van der Waals surface area contributed by atoms with E-state index in [-0.39, 0.29) is 23.9 Å². The fourth-order valence-electron chi connectivity index (χ4n) is 1.44. The monoisotopic (exact) mass is 349 g/mol. The molecule has 0 aliphatic heterocycles. The minimum absolute atomic E-state index is 0.0685. The van der Waals surface area contributed by atoms with Crippen LogP contribution in [0.3, 0.4) is 0 Å². The molecule has 0 unspecified atom stereocenters. The Balaban J connectivity index is 3.13. The lowest BCUT2D eigenvalue weighted by atomic mass is 10.3. The maximum absolute atomic E-state index is 12.4. The first-order chi connectivity index (χ1) is 8.82. The molecule has 0 saturated heterocycles. The minimum Gasteiger partial charge on any atom is -0.398 e. The molecule has 0 aliphatic carbocycles. The Bertz CT molecular complexity index is 575. The summed E-state index contributed by atoms with van der Waals surface area (Å²) in [4.78, 5) is 11.4. The van der Waals surface area contributed by atoms with Crippen molar-refractivity contribution in [1.82, 2.24) is 9.62 Å². The van der Waals surface area contributed by atoms with E-state index in [0.717, 1.165) is 4.31 Å². The third-order valence-electron chi connectivity index (χ3n) is 2.56. The Morgan fingerprint density at radius 3 is 2.58 bits per heavy atom. The van der Waals surface area contributed by atoms with Crippen molar-refractivity contribution in [2.75, 3.05) is 25.9 Å². The lowest BCUT2D eigenvalue weighted by Gasteiger charge is -2.19. The molecule has 3 N–H and O–H groups in total. The van der Waals surface area contributed by atoms with Crippen molar-refractivity contribution in [3.63, 3.8) is 0 Å². The van der Waals surface area contributed by atoms with Gasteiger partial charge in [-0.1, -0.05) is 6.92 Å². The summed E-state index contributed by atoms with van der Waals surface area (Å²) >= 11 is 3.20. The van der Waals surface area contributed by atoms with Crippen molar-refractivity contribution >= 4 is 37.5 Å². The van der Waals surface area contributed by atoms with Crippen molar-refractivity contribution in [2.45, 2.75) is 11.8 Å². The summed E-state index contributed by atoms with van der Waals surface area (Å²) in [6.45, 7) is 1.65. The summed E-state index contributed by atoms with van der Waals surface area (Å²) < 4.78 is 26.4. The van der Waals surface area contributed by atoms with Gasteiger partial charge in [0.05, 0.1) is 11.4 Å². The Morgan fingerprint density at radius 1 is 1.47 bits per heavy atom. The SMILES string of the molecule is CCN(CC(=O)NC)S(=O)(=O)c1ccc(Br)c(N)c1. The van der Waals surface area contributed by atoms with Crippen LogP contribution in [-0.4, -0.2) is 38.8 Å². The molecule has 1 rings (SSSR count). The number of sulfonamides is 1. The molecular weight excluding hydrogens is 334 g/mol. The zero-order chi connectivity index (χ0) is 14.6. The van der Waals surface area contributed by atoms with E-state index in [0.29, 0.717) is 10.2 Å². The van der Waals surface area contributed by atoms with Gasteiger partial charge >= 0.3 is 0 Å². The Hall–Kier alpha value is -1.12. The highest BCUT2D eigenvalue weighted by Gasteiger charge is 2.25. The molecule has 0 radical (unpaired) electrons. The Labute approximate surface area is 121 Å². The largest absolute Gasteiger partial charge is 0.398 e. The molecular formula is C11H16BrN3O3S. The lowest BCUT2D eigenvalue weighted by Crippen LogP contribution is -2.39. The maximum atomic E-state index is 12.4. The van der Waals surface area contributed by atoms with Gasteiger partial charge in [0.25, 0.3) is 0 Å². The summed E-state index contributed by atoms with van der Waals surface area (Å²) in [5.74, 6) is -0.365. The molecule has 1 aromatic rings. The van der Waals surface area contributed by atoms with Crippen LogP contribution in [0.15, 0.2) is 27.6 Å². The zero-order valence-corrected chi connectivity index (χ0v) is 13.1. The molecule has 19 heavy (non-hydrogen) atoms. The molecule has 0 aliphatic rings. The fraction of sp³-hybridized carbons (Fsp3) is 0.364. The van der Waals surface area contributed by atoms with Gasteiger partial charge < -0.3 is 11.1 Å². The van der Waals surface area contributed by atoms with Crippen LogP contribution in [0.1, 0.15) is 6.92 Å². The number of halogens is 1. The molecule has 8 heteroatoms. The first-order valence-electron chi connectivity index (χ1n) is 5.58. The highest BCUT2D eigenvalue weighted by atomic mass is 79.9. The maximum Gasteiger partial charge on any atom is 0.243 e. The van der Waals surface area contributed by atoms with Gasteiger partial charge in [-0.25, -0.2) is 8.42 Å². The first-order valence-corrected chi connectivity index (χ1v) is 7.82. The van der Waals surface area contributed by atoms with Crippen LogP contribution in [-0.2, 0) is 14.8 Å². The van der Waals surface area contributed by atoms with Gasteiger partial charge in [0, 0.05) is 23.8 Å². The molecule has 0 atom stereocenters. The van der Waals surface area contributed by atoms with E-state index >= 15 is 0 Å². The number of carbonyl (C=O) groups excluding carboxylic acids is 1. The summed E-state index contributed by atoms with van der Waals surface area (Å²) in [5, 5.41) is 2.40. The second-order valence-corrected chi connectivity index (χ2v) is 6.58. The number of anilines is 1. The molecule has 0 heterocycles. The van der Waals surface area contributed by atoms with E-state index in [1.165, 1.54) is 19.2 Å². The van der Waals surface area contributed by atoms with E-state index in [4.69, 9.17) is 5.73 Å². The average Bonchev–Trinajstić information content (AvgIpc) is 2.38. The van der Waals surface area contributed by atoms with Crippen molar-refractivity contribution in [2.24, 2.45) is 0 Å². The van der Waals surface area contributed by atoms with Crippen LogP contribution in [0.25, 0.3) is 0 Å². The third-order valence-corrected chi connectivity index (χ3v) is 5.20. The Kier molecular flexibility index (Phi) is 5.33. The molecule has 6 nitrogen and oxygen atoms in total. The number of nitrogens with zero attached hydrogens (tertiary/aromatic N) is 1. The summed E-state index contributed by atoms with van der Waals surface area (Å²) in [7, 11) is -2.27. The third kappa shape index (κ3) is 3.68. The molecule has 1 aromatic carbocycles. The van der Waals surface area contributed by atoms with Gasteiger partial charge in [-0.15, -0.1) is 0 Å². The number of amides is 1. The van der Waals surface area contributed by atoms with Crippen LogP contribution in [0.4, 0.5) is 5.69 Å². The second-order valence-electron chi connectivity index (χ2n) is 3.79. The van der Waals surface area contributed by atoms with E-state index in [2.05, 4.69) is 21.2 Å². The van der Waals surface area contributed by atoms with Crippen molar-refractivity contribution in [1.29, 1.82) is 0 Å². The highest BCUT2D eigenvalue weighted by molar-refractivity contribution is 9.10. The highest BCUT2D eigenvalue weighted by Crippen LogP contribution is 2.24. The molecule has 0 spiro atoms. The minimum atomic E-state index is -3.72. The van der Waals surface area contributed by atoms with Crippen molar-refractivity contribution in [3.05, 3.63) is 22.7 Å². The average molecular weight is 350 g/mol. The number of carbonyl (C=O) groups is 1. The zero-order valence-electron chi connectivity index (χ0n) is 10.7. The van der Waals surface area contributed by atoms with Crippen molar-refractivity contribution < 1.29 is 13.2 Å². The number of nitrogens with two attached hydrogens (primary N) is 1. The molecule has 0 bridgehead atoms. The summed E-state index contributed by atoms with van der Waals surface area (Å²) in [6, 6.07) is 4.38. The quantitative estimate of drug-likeness (QED) is 0.768. The van der Waals surface area contributed by atoms with Gasteiger partial charge in [0.2, 0.25) is 15.9 Å². The van der Waals surface area contributed by atoms with Gasteiger partial charge in [-0.2, -0.15) is 4.31 Å². The summed E-state index contributed by atoms with van der Waals surface area (Å²) in [5.41, 5.74) is 6.01. The number of nitrogen functional groups attached to an aromatic ring is 1. The van der Waals surface area contributed by atoms with Crippen molar-refractivity contribution in [3.8, 4) is 0 Å². The number of hydrogen-bond acceptors (Lipinski definition) is 4. The van der Waals surface area contributed by atoms with Crippen LogP contribution in [0, 0.1) is 0 Å². The molecule has 0 fully saturated rings. The van der Waals surface area contributed by atoms with Gasteiger partial charge in [0.15, 0.2) is 0 Å². The van der Waals surface area contributed by atoms with E-state index in [1.807, 2.05) is 0 Å². The molecule has 1 amide bonds. The predicted molar refractivity (Wildman–Crippen MR) is 77.1 cm³/mol. The Morgan fingerprint density at radius 2 is 2.11 bits per heavy atom. The van der Waals surface area contributed by atoms with Crippen LogP contribution in [0.5, 0.6) is 0 Å². The number of rotatable bonds is 5. The second kappa shape index (κ2) is 6.36. The van der Waals surface area contributed by atoms with Gasteiger partial charge in [-0.3, -0.25) is 4.79 Å². The fourth-order valence-corrected chi connectivity index (χ4v) is 3.13. The van der Waals surface area contributed by atoms with Crippen LogP contribution in [0.2, 0.25) is 0 Å². The van der Waals surface area contributed by atoms with E-state index in [1.54, 1.807) is 13.0 Å². The van der Waals surface area contributed by atoms with E-state index in [9.17, 15) is 13.2 Å². The molecule has 0 saturated carbocycles. The van der Waals surface area contributed by atoms with Gasteiger partial charge in [0.1, 0.15) is 0 Å². The summed E-state index contributed by atoms with van der Waals surface area (Å²) in [6.07, 6.45) is 0. The normalized spacial score (nSPS) is 11.6. The number of hydrogen-bond donors (Lipinski definition) is 2. The smallest absolute Gasteiger partial charge is 0.243 e. The molecule has 0 aromatic heterocycles.